The Morgan fingerprint density at radius 3 is 2.64 bits per heavy atom. The van der Waals surface area contributed by atoms with Crippen LogP contribution in [0.1, 0.15) is 27.2 Å². The van der Waals surface area contributed by atoms with E-state index in [1.807, 2.05) is 13.8 Å². The van der Waals surface area contributed by atoms with Gasteiger partial charge in [0.05, 0.1) is 12.7 Å². The second kappa shape index (κ2) is 3.29. The Balaban J connectivity index is 2.01. The number of ether oxygens (including phenoxy) is 3. The van der Waals surface area contributed by atoms with Crippen molar-refractivity contribution in [3.63, 3.8) is 0 Å². The highest BCUT2D eigenvalue weighted by Gasteiger charge is 2.42. The number of carbonyl (C=O) groups excluding carboxylic acids is 1. The minimum Gasteiger partial charge on any atom is -0.373 e. The molecule has 0 aliphatic carbocycles. The maximum absolute atomic E-state index is 11.7. The van der Waals surface area contributed by atoms with Gasteiger partial charge < -0.3 is 14.2 Å². The molecule has 2 saturated heterocycles. The van der Waals surface area contributed by atoms with Gasteiger partial charge in [0, 0.05) is 6.42 Å². The van der Waals surface area contributed by atoms with Crippen molar-refractivity contribution in [3.8, 4) is 0 Å². The van der Waals surface area contributed by atoms with Crippen molar-refractivity contribution in [2.24, 2.45) is 0 Å². The van der Waals surface area contributed by atoms with Crippen molar-refractivity contribution in [1.29, 1.82) is 0 Å². The first kappa shape index (κ1) is 10.1. The Hall–Kier alpha value is -0.450. The summed E-state index contributed by atoms with van der Waals surface area (Å²) in [4.78, 5) is 11.7. The quantitative estimate of drug-likeness (QED) is 0.621. The van der Waals surface area contributed by atoms with E-state index in [2.05, 4.69) is 0 Å². The molecule has 2 aliphatic rings. The highest BCUT2D eigenvalue weighted by Crippen LogP contribution is 2.29. The van der Waals surface area contributed by atoms with E-state index in [0.29, 0.717) is 6.42 Å². The third kappa shape index (κ3) is 2.13. The molecule has 0 amide bonds. The van der Waals surface area contributed by atoms with Crippen LogP contribution in [0.5, 0.6) is 0 Å². The number of ketones is 1. The third-order valence-electron chi connectivity index (χ3n) is 2.48. The van der Waals surface area contributed by atoms with Gasteiger partial charge in [-0.15, -0.1) is 0 Å². The Kier molecular flexibility index (Phi) is 2.37. The predicted octanol–water partition coefficient (Wildman–Crippen LogP) is 0.884. The molecule has 0 N–H and O–H groups in total. The molecule has 14 heavy (non-hydrogen) atoms. The molecule has 0 bridgehead atoms. The summed E-state index contributed by atoms with van der Waals surface area (Å²) >= 11 is 0. The lowest BCUT2D eigenvalue weighted by molar-refractivity contribution is -0.277. The second-order valence-corrected chi connectivity index (χ2v) is 4.36. The van der Waals surface area contributed by atoms with E-state index in [4.69, 9.17) is 14.2 Å². The summed E-state index contributed by atoms with van der Waals surface area (Å²) in [5, 5.41) is 0. The van der Waals surface area contributed by atoms with Crippen molar-refractivity contribution < 1.29 is 19.0 Å². The van der Waals surface area contributed by atoms with Gasteiger partial charge in [0.1, 0.15) is 12.2 Å². The highest BCUT2D eigenvalue weighted by atomic mass is 16.7. The van der Waals surface area contributed by atoms with Crippen LogP contribution in [0.2, 0.25) is 0 Å². The topological polar surface area (TPSA) is 48.1 Å². The maximum Gasteiger partial charge on any atom is 0.190 e. The van der Waals surface area contributed by atoms with E-state index in [1.165, 1.54) is 0 Å². The fourth-order valence-electron chi connectivity index (χ4n) is 1.78. The fourth-order valence-corrected chi connectivity index (χ4v) is 1.78. The highest BCUT2D eigenvalue weighted by molar-refractivity contribution is 5.87. The predicted molar refractivity (Wildman–Crippen MR) is 48.9 cm³/mol. The largest absolute Gasteiger partial charge is 0.373 e. The molecule has 0 unspecified atom stereocenters. The molecule has 0 aromatic rings. The Morgan fingerprint density at radius 2 is 2.07 bits per heavy atom. The van der Waals surface area contributed by atoms with Gasteiger partial charge in [0.2, 0.25) is 0 Å². The number of hydrogen-bond acceptors (Lipinski definition) is 4. The summed E-state index contributed by atoms with van der Waals surface area (Å²) in [6, 6.07) is 0. The molecule has 0 aromatic heterocycles. The molecule has 3 atom stereocenters. The lowest BCUT2D eigenvalue weighted by Crippen LogP contribution is -2.50. The average molecular weight is 200 g/mol. The van der Waals surface area contributed by atoms with Gasteiger partial charge in [-0.2, -0.15) is 0 Å². The van der Waals surface area contributed by atoms with Gasteiger partial charge in [-0.05, 0) is 20.8 Å². The maximum atomic E-state index is 11.7. The number of epoxide rings is 1. The SMILES string of the molecule is C[C@@H]1OC(C)(C)O[C@@H](C[C@@H]2CO2)C1=O. The number of hydrogen-bond donors (Lipinski definition) is 0. The van der Waals surface area contributed by atoms with Crippen molar-refractivity contribution in [2.75, 3.05) is 6.61 Å². The molecular formula is C10H16O4. The normalized spacial score (nSPS) is 41.1. The van der Waals surface area contributed by atoms with Crippen LogP contribution in [0.25, 0.3) is 0 Å². The fraction of sp³-hybridized carbons (Fsp3) is 0.900. The molecule has 80 valence electrons. The van der Waals surface area contributed by atoms with Gasteiger partial charge in [0.25, 0.3) is 0 Å². The summed E-state index contributed by atoms with van der Waals surface area (Å²) < 4.78 is 16.1. The lowest BCUT2D eigenvalue weighted by atomic mass is 10.0. The summed E-state index contributed by atoms with van der Waals surface area (Å²) in [5.74, 6) is -0.632. The van der Waals surface area contributed by atoms with Crippen LogP contribution in [0.4, 0.5) is 0 Å². The first-order valence-corrected chi connectivity index (χ1v) is 4.99. The van der Waals surface area contributed by atoms with E-state index in [1.54, 1.807) is 6.92 Å². The van der Waals surface area contributed by atoms with Crippen LogP contribution >= 0.6 is 0 Å². The molecule has 2 rings (SSSR count). The van der Waals surface area contributed by atoms with Crippen LogP contribution < -0.4 is 0 Å². The molecule has 0 radical (unpaired) electrons. The molecule has 0 aromatic carbocycles. The molecule has 4 heteroatoms. The minimum atomic E-state index is -0.660. The molecule has 0 saturated carbocycles. The first-order valence-electron chi connectivity index (χ1n) is 4.99. The smallest absolute Gasteiger partial charge is 0.190 e. The standard InChI is InChI=1S/C10H16O4/c1-6-9(11)8(4-7-5-12-7)14-10(2,3)13-6/h6-8H,4-5H2,1-3H3/t6-,7+,8-/m0/s1. The van der Waals surface area contributed by atoms with Gasteiger partial charge in [-0.3, -0.25) is 4.79 Å². The number of rotatable bonds is 2. The minimum absolute atomic E-state index is 0.0276. The van der Waals surface area contributed by atoms with E-state index >= 15 is 0 Å². The van der Waals surface area contributed by atoms with Crippen molar-refractivity contribution in [2.45, 2.75) is 51.3 Å². The van der Waals surface area contributed by atoms with E-state index in [9.17, 15) is 4.79 Å². The molecule has 2 fully saturated rings. The van der Waals surface area contributed by atoms with Gasteiger partial charge in [-0.25, -0.2) is 0 Å². The monoisotopic (exact) mass is 200 g/mol. The van der Waals surface area contributed by atoms with Gasteiger partial charge >= 0.3 is 0 Å². The Bertz CT molecular complexity index is 245. The summed E-state index contributed by atoms with van der Waals surface area (Å²) in [5.41, 5.74) is 0. The van der Waals surface area contributed by atoms with Crippen LogP contribution in [0, 0.1) is 0 Å². The second-order valence-electron chi connectivity index (χ2n) is 4.36. The van der Waals surface area contributed by atoms with Gasteiger partial charge in [0.15, 0.2) is 11.6 Å². The molecular weight excluding hydrogens is 184 g/mol. The summed E-state index contributed by atoms with van der Waals surface area (Å²) in [6.07, 6.45) is 0.143. The van der Waals surface area contributed by atoms with Crippen LogP contribution in [0.15, 0.2) is 0 Å². The zero-order valence-electron chi connectivity index (χ0n) is 8.78. The molecule has 0 spiro atoms. The van der Waals surface area contributed by atoms with E-state index < -0.39 is 5.79 Å². The Morgan fingerprint density at radius 1 is 1.43 bits per heavy atom. The van der Waals surface area contributed by atoms with Crippen LogP contribution in [-0.4, -0.2) is 36.5 Å². The number of Topliss-reactive ketones (excluding diaryl/α,β-unsaturated/α-hetero) is 1. The molecule has 2 heterocycles. The lowest BCUT2D eigenvalue weighted by Gasteiger charge is -2.38. The Labute approximate surface area is 83.5 Å². The number of carbonyl (C=O) groups is 1. The van der Waals surface area contributed by atoms with Crippen LogP contribution in [0.3, 0.4) is 0 Å². The zero-order chi connectivity index (χ0) is 10.3. The molecule has 2 aliphatic heterocycles. The summed E-state index contributed by atoms with van der Waals surface area (Å²) in [6.45, 7) is 6.18. The average Bonchev–Trinajstić information content (AvgIpc) is 2.82. The van der Waals surface area contributed by atoms with Crippen molar-refractivity contribution in [3.05, 3.63) is 0 Å². The van der Waals surface area contributed by atoms with Crippen molar-refractivity contribution >= 4 is 5.78 Å². The van der Waals surface area contributed by atoms with E-state index in [0.717, 1.165) is 6.61 Å². The van der Waals surface area contributed by atoms with E-state index in [-0.39, 0.29) is 24.1 Å². The van der Waals surface area contributed by atoms with Crippen LogP contribution in [-0.2, 0) is 19.0 Å². The third-order valence-corrected chi connectivity index (χ3v) is 2.48. The summed E-state index contributed by atoms with van der Waals surface area (Å²) in [7, 11) is 0. The first-order chi connectivity index (χ1) is 6.48. The van der Waals surface area contributed by atoms with Gasteiger partial charge in [-0.1, -0.05) is 0 Å². The van der Waals surface area contributed by atoms with Crippen molar-refractivity contribution in [1.82, 2.24) is 0 Å². The zero-order valence-corrected chi connectivity index (χ0v) is 8.78. The molecule has 4 nitrogen and oxygen atoms in total.